The molecule has 0 bridgehead atoms. The summed E-state index contributed by atoms with van der Waals surface area (Å²) in [6.45, 7) is 3.43. The van der Waals surface area contributed by atoms with E-state index in [4.69, 9.17) is 0 Å². The number of carbonyl (C=O) groups is 2. The molecule has 0 atom stereocenters. The van der Waals surface area contributed by atoms with Crippen molar-refractivity contribution in [2.24, 2.45) is 0 Å². The molecule has 2 N–H and O–H groups in total. The van der Waals surface area contributed by atoms with Gasteiger partial charge in [0.25, 0.3) is 5.91 Å². The summed E-state index contributed by atoms with van der Waals surface area (Å²) in [5.41, 5.74) is 1.54. The van der Waals surface area contributed by atoms with Crippen molar-refractivity contribution in [3.63, 3.8) is 0 Å². The maximum atomic E-state index is 12.0. The summed E-state index contributed by atoms with van der Waals surface area (Å²) in [5.74, 6) is -0.299. The van der Waals surface area contributed by atoms with Crippen molar-refractivity contribution in [2.75, 3.05) is 12.4 Å². The van der Waals surface area contributed by atoms with E-state index in [9.17, 15) is 9.59 Å². The number of carbonyl (C=O) groups excluding carboxylic acids is 2. The third-order valence-corrected chi connectivity index (χ3v) is 2.79. The van der Waals surface area contributed by atoms with Crippen LogP contribution in [0.2, 0.25) is 0 Å². The predicted molar refractivity (Wildman–Crippen MR) is 71.6 cm³/mol. The van der Waals surface area contributed by atoms with Crippen molar-refractivity contribution in [1.29, 1.82) is 0 Å². The third kappa shape index (κ3) is 2.66. The lowest BCUT2D eigenvalue weighted by Crippen LogP contribution is -2.16. The van der Waals surface area contributed by atoms with Gasteiger partial charge in [0.2, 0.25) is 5.82 Å². The molecule has 0 saturated heterocycles. The zero-order valence-corrected chi connectivity index (χ0v) is 11.4. The molecule has 2 rings (SSSR count). The topological polar surface area (TPSA) is 97.0 Å². The van der Waals surface area contributed by atoms with Crippen LogP contribution >= 0.6 is 0 Å². The van der Waals surface area contributed by atoms with Gasteiger partial charge in [-0.05, 0) is 31.5 Å². The standard InChI is InChI=1S/C13H14N4O3/c1-7-9(13(19)20-3)5-4-6-10(7)15-12(18)11-14-8(2)16-17-11/h4-6H,1-3H3,(H,15,18)(H,14,16,17). The Kier molecular flexibility index (Phi) is 3.79. The van der Waals surface area contributed by atoms with Crippen LogP contribution in [0.5, 0.6) is 0 Å². The number of amides is 1. The van der Waals surface area contributed by atoms with E-state index in [1.165, 1.54) is 7.11 Å². The summed E-state index contributed by atoms with van der Waals surface area (Å²) in [5, 5.41) is 9.04. The average Bonchev–Trinajstić information content (AvgIpc) is 2.87. The van der Waals surface area contributed by atoms with Crippen molar-refractivity contribution < 1.29 is 14.3 Å². The number of aromatic amines is 1. The molecule has 1 heterocycles. The highest BCUT2D eigenvalue weighted by molar-refractivity contribution is 6.03. The Morgan fingerprint density at radius 1 is 1.30 bits per heavy atom. The number of ether oxygens (including phenoxy) is 1. The van der Waals surface area contributed by atoms with Crippen LogP contribution in [0, 0.1) is 13.8 Å². The van der Waals surface area contributed by atoms with Gasteiger partial charge in [-0.3, -0.25) is 9.89 Å². The molecule has 104 valence electrons. The molecular weight excluding hydrogens is 260 g/mol. The molecule has 2 aromatic rings. The zero-order chi connectivity index (χ0) is 14.7. The molecule has 0 fully saturated rings. The van der Waals surface area contributed by atoms with Gasteiger partial charge in [0.15, 0.2) is 0 Å². The highest BCUT2D eigenvalue weighted by Crippen LogP contribution is 2.20. The molecule has 1 aromatic heterocycles. The van der Waals surface area contributed by atoms with E-state index in [2.05, 4.69) is 25.2 Å². The van der Waals surface area contributed by atoms with Gasteiger partial charge in [-0.2, -0.15) is 0 Å². The first-order valence-electron chi connectivity index (χ1n) is 5.91. The van der Waals surface area contributed by atoms with Crippen molar-refractivity contribution >= 4 is 17.6 Å². The minimum Gasteiger partial charge on any atom is -0.465 e. The highest BCUT2D eigenvalue weighted by Gasteiger charge is 2.16. The Hall–Kier alpha value is -2.70. The number of aryl methyl sites for hydroxylation is 1. The van der Waals surface area contributed by atoms with Crippen molar-refractivity contribution in [1.82, 2.24) is 15.2 Å². The smallest absolute Gasteiger partial charge is 0.338 e. The number of hydrogen-bond acceptors (Lipinski definition) is 5. The Morgan fingerprint density at radius 3 is 2.65 bits per heavy atom. The number of benzene rings is 1. The molecule has 0 aliphatic carbocycles. The van der Waals surface area contributed by atoms with Gasteiger partial charge < -0.3 is 10.1 Å². The molecule has 1 amide bonds. The van der Waals surface area contributed by atoms with Crippen LogP contribution in [0.3, 0.4) is 0 Å². The number of methoxy groups -OCH3 is 1. The van der Waals surface area contributed by atoms with E-state index in [-0.39, 0.29) is 5.82 Å². The number of esters is 1. The molecule has 0 aliphatic heterocycles. The molecular formula is C13H14N4O3. The van der Waals surface area contributed by atoms with Crippen LogP contribution in [0.15, 0.2) is 18.2 Å². The van der Waals surface area contributed by atoms with E-state index >= 15 is 0 Å². The first-order chi connectivity index (χ1) is 9.52. The molecule has 0 saturated carbocycles. The molecule has 0 spiro atoms. The monoisotopic (exact) mass is 274 g/mol. The van der Waals surface area contributed by atoms with Crippen LogP contribution in [0.4, 0.5) is 5.69 Å². The van der Waals surface area contributed by atoms with Gasteiger partial charge in [-0.1, -0.05) is 6.07 Å². The number of aromatic nitrogens is 3. The normalized spacial score (nSPS) is 10.2. The number of H-pyrrole nitrogens is 1. The Labute approximate surface area is 115 Å². The zero-order valence-electron chi connectivity index (χ0n) is 11.4. The Bertz CT molecular complexity index is 663. The lowest BCUT2D eigenvalue weighted by Gasteiger charge is -2.10. The van der Waals surface area contributed by atoms with Gasteiger partial charge in [-0.25, -0.2) is 9.78 Å². The Morgan fingerprint density at radius 2 is 2.05 bits per heavy atom. The van der Waals surface area contributed by atoms with E-state index in [0.29, 0.717) is 22.6 Å². The van der Waals surface area contributed by atoms with Gasteiger partial charge in [0.05, 0.1) is 12.7 Å². The summed E-state index contributed by atoms with van der Waals surface area (Å²) in [7, 11) is 1.31. The summed E-state index contributed by atoms with van der Waals surface area (Å²) in [6.07, 6.45) is 0. The maximum absolute atomic E-state index is 12.0. The summed E-state index contributed by atoms with van der Waals surface area (Å²) in [6, 6.07) is 4.99. The summed E-state index contributed by atoms with van der Waals surface area (Å²) < 4.78 is 4.68. The summed E-state index contributed by atoms with van der Waals surface area (Å²) >= 11 is 0. The largest absolute Gasteiger partial charge is 0.465 e. The SMILES string of the molecule is COC(=O)c1cccc(NC(=O)c2n[nH]c(C)n2)c1C. The molecule has 0 unspecified atom stereocenters. The summed E-state index contributed by atoms with van der Waals surface area (Å²) in [4.78, 5) is 27.5. The third-order valence-electron chi connectivity index (χ3n) is 2.79. The van der Waals surface area contributed by atoms with Crippen LogP contribution in [0.1, 0.15) is 32.4 Å². The first-order valence-corrected chi connectivity index (χ1v) is 5.91. The molecule has 0 aliphatic rings. The lowest BCUT2D eigenvalue weighted by atomic mass is 10.1. The van der Waals surface area contributed by atoms with Gasteiger partial charge in [0.1, 0.15) is 5.82 Å². The van der Waals surface area contributed by atoms with Crippen LogP contribution in [-0.4, -0.2) is 34.2 Å². The van der Waals surface area contributed by atoms with Gasteiger partial charge in [-0.15, -0.1) is 5.10 Å². The molecule has 20 heavy (non-hydrogen) atoms. The van der Waals surface area contributed by atoms with Crippen LogP contribution in [0.25, 0.3) is 0 Å². The second kappa shape index (κ2) is 5.52. The average molecular weight is 274 g/mol. The number of nitrogens with one attached hydrogen (secondary N) is 2. The van der Waals surface area contributed by atoms with Gasteiger partial charge in [0, 0.05) is 5.69 Å². The Balaban J connectivity index is 2.26. The van der Waals surface area contributed by atoms with Crippen molar-refractivity contribution in [3.05, 3.63) is 41.0 Å². The number of rotatable bonds is 3. The fourth-order valence-electron chi connectivity index (χ4n) is 1.72. The van der Waals surface area contributed by atoms with E-state index < -0.39 is 11.9 Å². The second-order valence-corrected chi connectivity index (χ2v) is 4.17. The molecule has 1 aromatic carbocycles. The minimum absolute atomic E-state index is 0.0466. The number of hydrogen-bond donors (Lipinski definition) is 2. The maximum Gasteiger partial charge on any atom is 0.338 e. The quantitative estimate of drug-likeness (QED) is 0.826. The fraction of sp³-hybridized carbons (Fsp3) is 0.231. The lowest BCUT2D eigenvalue weighted by molar-refractivity contribution is 0.0599. The van der Waals surface area contributed by atoms with Crippen molar-refractivity contribution in [3.8, 4) is 0 Å². The molecule has 7 nitrogen and oxygen atoms in total. The predicted octanol–water partition coefficient (Wildman–Crippen LogP) is 1.46. The van der Waals surface area contributed by atoms with Crippen LogP contribution in [-0.2, 0) is 4.74 Å². The number of anilines is 1. The van der Waals surface area contributed by atoms with Crippen molar-refractivity contribution in [2.45, 2.75) is 13.8 Å². The highest BCUT2D eigenvalue weighted by atomic mass is 16.5. The van der Waals surface area contributed by atoms with E-state index in [1.54, 1.807) is 32.0 Å². The van der Waals surface area contributed by atoms with Gasteiger partial charge >= 0.3 is 5.97 Å². The first kappa shape index (κ1) is 13.7. The minimum atomic E-state index is -0.452. The van der Waals surface area contributed by atoms with Crippen LogP contribution < -0.4 is 5.32 Å². The van der Waals surface area contributed by atoms with E-state index in [0.717, 1.165) is 0 Å². The number of nitrogens with zero attached hydrogens (tertiary/aromatic N) is 2. The second-order valence-electron chi connectivity index (χ2n) is 4.17. The molecule has 0 radical (unpaired) electrons. The molecule has 7 heteroatoms. The van der Waals surface area contributed by atoms with E-state index in [1.807, 2.05) is 0 Å². The fourth-order valence-corrected chi connectivity index (χ4v) is 1.72.